The van der Waals surface area contributed by atoms with E-state index in [0.29, 0.717) is 18.0 Å². The van der Waals surface area contributed by atoms with E-state index in [9.17, 15) is 18.0 Å². The molecule has 2 aromatic rings. The number of sulfonamides is 1. The summed E-state index contributed by atoms with van der Waals surface area (Å²) in [4.78, 5) is 27.5. The van der Waals surface area contributed by atoms with E-state index in [-0.39, 0.29) is 23.1 Å². The minimum atomic E-state index is -3.90. The molecule has 6 nitrogen and oxygen atoms in total. The molecule has 2 heterocycles. The van der Waals surface area contributed by atoms with Crippen LogP contribution in [0.1, 0.15) is 63.9 Å². The quantitative estimate of drug-likeness (QED) is 0.385. The third-order valence-corrected chi connectivity index (χ3v) is 9.67. The predicted molar refractivity (Wildman–Crippen MR) is 131 cm³/mol. The van der Waals surface area contributed by atoms with E-state index in [1.807, 2.05) is 12.1 Å². The van der Waals surface area contributed by atoms with Gasteiger partial charge in [0.15, 0.2) is 0 Å². The number of benzene rings is 1. The molecule has 1 aromatic carbocycles. The Morgan fingerprint density at radius 1 is 1.12 bits per heavy atom. The van der Waals surface area contributed by atoms with Crippen molar-refractivity contribution in [1.82, 2.24) is 4.31 Å². The van der Waals surface area contributed by atoms with Crippen molar-refractivity contribution in [3.05, 3.63) is 59.0 Å². The smallest absolute Gasteiger partial charge is 0.253 e. The van der Waals surface area contributed by atoms with Crippen LogP contribution in [0, 0.1) is 0 Å². The number of anilines is 1. The van der Waals surface area contributed by atoms with Crippen molar-refractivity contribution >= 4 is 38.9 Å². The summed E-state index contributed by atoms with van der Waals surface area (Å²) in [6.07, 6.45) is 6.84. The van der Waals surface area contributed by atoms with Gasteiger partial charge in [-0.1, -0.05) is 43.7 Å². The molecule has 2 aliphatic rings. The SMILES string of the molecule is CC(C)c1ccc(N2C(=O)CC(N(CCC3=CCCCC3)S(=O)(=O)c3cccs3)C2=O)cc1. The number of allylic oxidation sites excluding steroid dienone is 1. The monoisotopic (exact) mass is 486 g/mol. The lowest BCUT2D eigenvalue weighted by Gasteiger charge is -2.27. The van der Waals surface area contributed by atoms with Gasteiger partial charge in [-0.25, -0.2) is 13.3 Å². The van der Waals surface area contributed by atoms with E-state index >= 15 is 0 Å². The van der Waals surface area contributed by atoms with Crippen LogP contribution in [0.3, 0.4) is 0 Å². The van der Waals surface area contributed by atoms with Gasteiger partial charge in [0.25, 0.3) is 15.9 Å². The molecule has 0 saturated carbocycles. The Labute approximate surface area is 200 Å². The Bertz CT molecular complexity index is 1140. The number of hydrogen-bond acceptors (Lipinski definition) is 5. The third-order valence-electron chi connectivity index (χ3n) is 6.38. The zero-order chi connectivity index (χ0) is 23.6. The van der Waals surface area contributed by atoms with E-state index in [1.54, 1.807) is 29.6 Å². The maximum Gasteiger partial charge on any atom is 0.253 e. The number of hydrogen-bond donors (Lipinski definition) is 0. The Hall–Kier alpha value is -2.29. The van der Waals surface area contributed by atoms with Gasteiger partial charge in [0.2, 0.25) is 5.91 Å². The van der Waals surface area contributed by atoms with E-state index < -0.39 is 22.0 Å². The molecule has 1 aromatic heterocycles. The van der Waals surface area contributed by atoms with Gasteiger partial charge in [-0.05, 0) is 67.2 Å². The highest BCUT2D eigenvalue weighted by atomic mass is 32.2. The number of amides is 2. The number of carbonyl (C=O) groups excluding carboxylic acids is 2. The molecule has 2 amide bonds. The van der Waals surface area contributed by atoms with Crippen molar-refractivity contribution in [2.24, 2.45) is 0 Å². The number of thiophene rings is 1. The summed E-state index contributed by atoms with van der Waals surface area (Å²) < 4.78 is 28.5. The second kappa shape index (κ2) is 9.91. The third kappa shape index (κ3) is 4.98. The standard InChI is InChI=1S/C25H30N2O4S2/c1-18(2)20-10-12-21(13-11-20)27-23(28)17-22(25(27)29)26(15-14-19-7-4-3-5-8-19)33(30,31)24-9-6-16-32-24/h6-7,9-13,16,18,22H,3-5,8,14-15,17H2,1-2H3. The highest BCUT2D eigenvalue weighted by Crippen LogP contribution is 2.32. The molecule has 0 radical (unpaired) electrons. The van der Waals surface area contributed by atoms with Gasteiger partial charge < -0.3 is 0 Å². The van der Waals surface area contributed by atoms with Crippen LogP contribution in [0.25, 0.3) is 0 Å². The summed E-state index contributed by atoms with van der Waals surface area (Å²) >= 11 is 1.13. The molecule has 8 heteroatoms. The summed E-state index contributed by atoms with van der Waals surface area (Å²) in [5, 5.41) is 1.71. The molecule has 4 rings (SSSR count). The lowest BCUT2D eigenvalue weighted by Crippen LogP contribution is -2.45. The molecular weight excluding hydrogens is 456 g/mol. The van der Waals surface area contributed by atoms with Crippen LogP contribution in [0.15, 0.2) is 57.6 Å². The topological polar surface area (TPSA) is 74.8 Å². The van der Waals surface area contributed by atoms with Crippen molar-refractivity contribution in [3.63, 3.8) is 0 Å². The zero-order valence-corrected chi connectivity index (χ0v) is 20.7. The molecule has 176 valence electrons. The zero-order valence-electron chi connectivity index (χ0n) is 19.1. The Morgan fingerprint density at radius 2 is 1.88 bits per heavy atom. The first-order valence-electron chi connectivity index (χ1n) is 11.5. The number of nitrogens with zero attached hydrogens (tertiary/aromatic N) is 2. The van der Waals surface area contributed by atoms with Crippen molar-refractivity contribution in [2.45, 2.75) is 68.5 Å². The first-order chi connectivity index (χ1) is 15.8. The van der Waals surface area contributed by atoms with Crippen molar-refractivity contribution in [3.8, 4) is 0 Å². The maximum absolute atomic E-state index is 13.5. The summed E-state index contributed by atoms with van der Waals surface area (Å²) in [7, 11) is -3.90. The predicted octanol–water partition coefficient (Wildman–Crippen LogP) is 5.08. The van der Waals surface area contributed by atoms with Crippen molar-refractivity contribution in [2.75, 3.05) is 11.4 Å². The molecule has 1 unspecified atom stereocenters. The molecule has 33 heavy (non-hydrogen) atoms. The van der Waals surface area contributed by atoms with Crippen LogP contribution in [0.2, 0.25) is 0 Å². The molecule has 1 aliphatic carbocycles. The Balaban J connectivity index is 1.62. The second-order valence-corrected chi connectivity index (χ2v) is 12.0. The largest absolute Gasteiger partial charge is 0.274 e. The molecule has 0 N–H and O–H groups in total. The summed E-state index contributed by atoms with van der Waals surface area (Å²) in [6.45, 7) is 4.34. The molecule has 1 saturated heterocycles. The van der Waals surface area contributed by atoms with Crippen LogP contribution in [0.4, 0.5) is 5.69 Å². The molecule has 0 bridgehead atoms. The molecule has 1 aliphatic heterocycles. The maximum atomic E-state index is 13.5. The molecular formula is C25H30N2O4S2. The highest BCUT2D eigenvalue weighted by Gasteiger charge is 2.47. The highest BCUT2D eigenvalue weighted by molar-refractivity contribution is 7.91. The first-order valence-corrected chi connectivity index (χ1v) is 13.8. The lowest BCUT2D eigenvalue weighted by molar-refractivity contribution is -0.122. The fourth-order valence-electron chi connectivity index (χ4n) is 4.48. The average Bonchev–Trinajstić information content (AvgIpc) is 3.44. The number of rotatable bonds is 8. The van der Waals surface area contributed by atoms with Crippen molar-refractivity contribution in [1.29, 1.82) is 0 Å². The van der Waals surface area contributed by atoms with Crippen LogP contribution in [-0.2, 0) is 19.6 Å². The van der Waals surface area contributed by atoms with E-state index in [2.05, 4.69) is 19.9 Å². The normalized spacial score (nSPS) is 19.6. The molecule has 0 spiro atoms. The summed E-state index contributed by atoms with van der Waals surface area (Å²) in [5.41, 5.74) is 2.82. The second-order valence-electron chi connectivity index (χ2n) is 8.94. The van der Waals surface area contributed by atoms with Gasteiger partial charge in [-0.15, -0.1) is 11.3 Å². The Kier molecular flexibility index (Phi) is 7.16. The van der Waals surface area contributed by atoms with E-state index in [0.717, 1.165) is 47.5 Å². The van der Waals surface area contributed by atoms with Gasteiger partial charge in [-0.2, -0.15) is 4.31 Å². The minimum absolute atomic E-state index is 0.144. The lowest BCUT2D eigenvalue weighted by atomic mass is 9.97. The number of imide groups is 1. The summed E-state index contributed by atoms with van der Waals surface area (Å²) in [6, 6.07) is 9.54. The summed E-state index contributed by atoms with van der Waals surface area (Å²) in [5.74, 6) is -0.516. The van der Waals surface area contributed by atoms with Gasteiger partial charge in [0, 0.05) is 6.54 Å². The molecule has 1 fully saturated rings. The average molecular weight is 487 g/mol. The van der Waals surface area contributed by atoms with Crippen LogP contribution in [0.5, 0.6) is 0 Å². The number of carbonyl (C=O) groups is 2. The van der Waals surface area contributed by atoms with Crippen LogP contribution < -0.4 is 4.90 Å². The van der Waals surface area contributed by atoms with Crippen LogP contribution in [-0.4, -0.2) is 37.1 Å². The van der Waals surface area contributed by atoms with Crippen molar-refractivity contribution < 1.29 is 18.0 Å². The Morgan fingerprint density at radius 3 is 2.48 bits per heavy atom. The van der Waals surface area contributed by atoms with Gasteiger partial charge in [0.1, 0.15) is 10.3 Å². The first kappa shape index (κ1) is 23.9. The van der Waals surface area contributed by atoms with Gasteiger partial charge in [-0.3, -0.25) is 9.59 Å². The molecule has 1 atom stereocenters. The minimum Gasteiger partial charge on any atom is -0.274 e. The van der Waals surface area contributed by atoms with E-state index in [1.165, 1.54) is 9.88 Å². The fraction of sp³-hybridized carbons (Fsp3) is 0.440. The van der Waals surface area contributed by atoms with Gasteiger partial charge >= 0.3 is 0 Å². The van der Waals surface area contributed by atoms with E-state index in [4.69, 9.17) is 0 Å². The van der Waals surface area contributed by atoms with Crippen LogP contribution >= 0.6 is 11.3 Å². The fourth-order valence-corrected chi connectivity index (χ4v) is 7.18. The van der Waals surface area contributed by atoms with Gasteiger partial charge in [0.05, 0.1) is 12.1 Å².